The lowest BCUT2D eigenvalue weighted by Crippen LogP contribution is -2.24. The number of carbonyl (C=O) groups is 1. The quantitative estimate of drug-likeness (QED) is 0.471. The van der Waals surface area contributed by atoms with Crippen molar-refractivity contribution in [3.63, 3.8) is 0 Å². The van der Waals surface area contributed by atoms with Gasteiger partial charge in [-0.1, -0.05) is 18.2 Å². The Kier molecular flexibility index (Phi) is 4.59. The van der Waals surface area contributed by atoms with Gasteiger partial charge in [0.25, 0.3) is 0 Å². The first-order valence-electron chi connectivity index (χ1n) is 8.69. The van der Waals surface area contributed by atoms with E-state index in [2.05, 4.69) is 15.1 Å². The van der Waals surface area contributed by atoms with Crippen LogP contribution in [0.5, 0.6) is 0 Å². The summed E-state index contributed by atoms with van der Waals surface area (Å²) in [5, 5.41) is 4.34. The van der Waals surface area contributed by atoms with Crippen LogP contribution in [0, 0.1) is 0 Å². The van der Waals surface area contributed by atoms with Gasteiger partial charge in [0.15, 0.2) is 5.65 Å². The van der Waals surface area contributed by atoms with E-state index in [1.807, 2.05) is 6.07 Å². The van der Waals surface area contributed by atoms with Crippen molar-refractivity contribution >= 4 is 27.1 Å². The van der Waals surface area contributed by atoms with Gasteiger partial charge in [-0.05, 0) is 30.3 Å². The number of carbonyl (C=O) groups excluding carboxylic acids is 1. The summed E-state index contributed by atoms with van der Waals surface area (Å²) < 4.78 is 26.5. The second-order valence-electron chi connectivity index (χ2n) is 6.45. The highest BCUT2D eigenvalue weighted by Gasteiger charge is 2.19. The lowest BCUT2D eigenvalue weighted by molar-refractivity contribution is 0.103. The number of rotatable bonds is 5. The second kappa shape index (κ2) is 7.10. The summed E-state index contributed by atoms with van der Waals surface area (Å²) >= 11 is 0. The first-order chi connectivity index (χ1) is 13.9. The fourth-order valence-electron chi connectivity index (χ4n) is 2.96. The van der Waals surface area contributed by atoms with E-state index in [9.17, 15) is 13.2 Å². The third-order valence-electron chi connectivity index (χ3n) is 4.55. The minimum atomic E-state index is -3.39. The second-order valence-corrected chi connectivity index (χ2v) is 8.46. The molecule has 8 nitrogen and oxygen atoms in total. The third-order valence-corrected chi connectivity index (χ3v) is 5.75. The molecule has 0 fully saturated rings. The van der Waals surface area contributed by atoms with Crippen molar-refractivity contribution in [2.75, 3.05) is 17.6 Å². The van der Waals surface area contributed by atoms with Gasteiger partial charge in [-0.2, -0.15) is 5.10 Å². The summed E-state index contributed by atoms with van der Waals surface area (Å²) in [5.74, 6) is -0.268. The Morgan fingerprint density at radius 3 is 2.59 bits per heavy atom. The van der Waals surface area contributed by atoms with E-state index in [1.54, 1.807) is 59.4 Å². The molecule has 4 rings (SSSR count). The van der Waals surface area contributed by atoms with Crippen LogP contribution in [0.1, 0.15) is 16.1 Å². The Morgan fingerprint density at radius 1 is 1.03 bits per heavy atom. The molecule has 146 valence electrons. The maximum atomic E-state index is 12.8. The summed E-state index contributed by atoms with van der Waals surface area (Å²) in [4.78, 5) is 21.2. The SMILES string of the molecule is CN(c1cccc(-c2ccnc3c(C(=O)c4ccccn4)cnn23)c1)S(C)(=O)=O. The number of pyridine rings is 1. The van der Waals surface area contributed by atoms with Gasteiger partial charge in [0.05, 0.1) is 29.4 Å². The van der Waals surface area contributed by atoms with Crippen molar-refractivity contribution in [2.45, 2.75) is 0 Å². The van der Waals surface area contributed by atoms with Crippen molar-refractivity contribution in [3.05, 3.63) is 78.4 Å². The smallest absolute Gasteiger partial charge is 0.231 e. The number of sulfonamides is 1. The molecule has 0 saturated heterocycles. The third kappa shape index (κ3) is 3.47. The average molecular weight is 407 g/mol. The number of anilines is 1. The first-order valence-corrected chi connectivity index (χ1v) is 10.5. The van der Waals surface area contributed by atoms with E-state index in [0.29, 0.717) is 28.3 Å². The number of fused-ring (bicyclic) bond motifs is 1. The first kappa shape index (κ1) is 18.8. The molecule has 0 bridgehead atoms. The van der Waals surface area contributed by atoms with Crippen LogP contribution in [0.15, 0.2) is 67.1 Å². The molecule has 0 unspecified atom stereocenters. The van der Waals surface area contributed by atoms with Crippen LogP contribution < -0.4 is 4.31 Å². The highest BCUT2D eigenvalue weighted by atomic mass is 32.2. The predicted molar refractivity (Wildman–Crippen MR) is 109 cm³/mol. The predicted octanol–water partition coefficient (Wildman–Crippen LogP) is 2.42. The molecule has 1 aromatic carbocycles. The molecule has 0 N–H and O–H groups in total. The van der Waals surface area contributed by atoms with E-state index in [0.717, 1.165) is 11.8 Å². The topological polar surface area (TPSA) is 97.5 Å². The average Bonchev–Trinajstić information content (AvgIpc) is 3.17. The van der Waals surface area contributed by atoms with Gasteiger partial charge in [0.2, 0.25) is 15.8 Å². The molecule has 3 aromatic heterocycles. The Morgan fingerprint density at radius 2 is 1.86 bits per heavy atom. The van der Waals surface area contributed by atoms with Crippen molar-refractivity contribution in [2.24, 2.45) is 0 Å². The fraction of sp³-hybridized carbons (Fsp3) is 0.100. The number of nitrogens with zero attached hydrogens (tertiary/aromatic N) is 5. The molecule has 0 amide bonds. The van der Waals surface area contributed by atoms with Gasteiger partial charge in [0.1, 0.15) is 5.69 Å². The molecule has 0 atom stereocenters. The number of ketones is 1. The number of benzene rings is 1. The zero-order valence-electron chi connectivity index (χ0n) is 15.7. The molecule has 0 radical (unpaired) electrons. The zero-order valence-corrected chi connectivity index (χ0v) is 16.5. The molecule has 9 heteroatoms. The maximum Gasteiger partial charge on any atom is 0.231 e. The van der Waals surface area contributed by atoms with Crippen molar-refractivity contribution in [1.29, 1.82) is 0 Å². The maximum absolute atomic E-state index is 12.8. The van der Waals surface area contributed by atoms with Crippen molar-refractivity contribution < 1.29 is 13.2 Å². The van der Waals surface area contributed by atoms with Crippen molar-refractivity contribution in [1.82, 2.24) is 19.6 Å². The molecule has 0 spiro atoms. The Bertz CT molecular complexity index is 1320. The normalized spacial score (nSPS) is 11.5. The Balaban J connectivity index is 1.81. The molecule has 4 aromatic rings. The van der Waals surface area contributed by atoms with Crippen LogP contribution in [0.2, 0.25) is 0 Å². The number of aromatic nitrogens is 4. The molecule has 29 heavy (non-hydrogen) atoms. The molecular weight excluding hydrogens is 390 g/mol. The van der Waals surface area contributed by atoms with Gasteiger partial charge in [-0.15, -0.1) is 0 Å². The lowest BCUT2D eigenvalue weighted by atomic mass is 10.1. The summed E-state index contributed by atoms with van der Waals surface area (Å²) in [6.45, 7) is 0. The Labute approximate surface area is 167 Å². The van der Waals surface area contributed by atoms with Crippen molar-refractivity contribution in [3.8, 4) is 11.3 Å². The molecule has 0 aliphatic rings. The van der Waals surface area contributed by atoms with Crippen LogP contribution in [-0.4, -0.2) is 47.1 Å². The Hall–Kier alpha value is -3.59. The van der Waals surface area contributed by atoms with E-state index < -0.39 is 10.0 Å². The van der Waals surface area contributed by atoms with Gasteiger partial charge in [-0.25, -0.2) is 17.9 Å². The van der Waals surface area contributed by atoms with Crippen LogP contribution >= 0.6 is 0 Å². The minimum Gasteiger partial charge on any atom is -0.287 e. The van der Waals surface area contributed by atoms with Gasteiger partial charge < -0.3 is 0 Å². The highest BCUT2D eigenvalue weighted by Crippen LogP contribution is 2.26. The van der Waals surface area contributed by atoms with Gasteiger partial charge in [0, 0.05) is 25.0 Å². The van der Waals surface area contributed by atoms with Crippen LogP contribution in [0.4, 0.5) is 5.69 Å². The standard InChI is InChI=1S/C20H17N5O3S/c1-24(29(2,27)28)15-7-5-6-14(12-15)18-9-11-22-20-16(13-23-25(18)20)19(26)17-8-3-4-10-21-17/h3-13H,1-2H3. The molecule has 3 heterocycles. The van der Waals surface area contributed by atoms with Gasteiger partial charge >= 0.3 is 0 Å². The summed E-state index contributed by atoms with van der Waals surface area (Å²) in [5.41, 5.74) is 3.00. The highest BCUT2D eigenvalue weighted by molar-refractivity contribution is 7.92. The van der Waals surface area contributed by atoms with Crippen LogP contribution in [0.3, 0.4) is 0 Å². The number of hydrogen-bond donors (Lipinski definition) is 0. The largest absolute Gasteiger partial charge is 0.287 e. The van der Waals surface area contributed by atoms with E-state index >= 15 is 0 Å². The molecule has 0 saturated carbocycles. The monoisotopic (exact) mass is 407 g/mol. The van der Waals surface area contributed by atoms with Crippen LogP contribution in [-0.2, 0) is 10.0 Å². The molecular formula is C20H17N5O3S. The minimum absolute atomic E-state index is 0.268. The summed E-state index contributed by atoms with van der Waals surface area (Å²) in [7, 11) is -1.89. The van der Waals surface area contributed by atoms with E-state index in [1.165, 1.54) is 17.5 Å². The zero-order chi connectivity index (χ0) is 20.6. The number of hydrogen-bond acceptors (Lipinski definition) is 6. The van der Waals surface area contributed by atoms with Gasteiger partial charge in [-0.3, -0.25) is 14.1 Å². The molecule has 0 aliphatic carbocycles. The molecule has 0 aliphatic heterocycles. The van der Waals surface area contributed by atoms with Crippen LogP contribution in [0.25, 0.3) is 16.9 Å². The summed E-state index contributed by atoms with van der Waals surface area (Å²) in [6.07, 6.45) is 5.76. The van der Waals surface area contributed by atoms with E-state index in [4.69, 9.17) is 0 Å². The summed E-state index contributed by atoms with van der Waals surface area (Å²) in [6, 6.07) is 13.9. The fourth-order valence-corrected chi connectivity index (χ4v) is 3.45. The lowest BCUT2D eigenvalue weighted by Gasteiger charge is -2.17. The van der Waals surface area contributed by atoms with E-state index in [-0.39, 0.29) is 5.78 Å².